The van der Waals surface area contributed by atoms with Crippen molar-refractivity contribution in [3.05, 3.63) is 35.4 Å². The topological polar surface area (TPSA) is 57.2 Å². The van der Waals surface area contributed by atoms with Gasteiger partial charge in [0.05, 0.1) is 0 Å². The van der Waals surface area contributed by atoms with E-state index in [0.717, 1.165) is 51.6 Å². The Morgan fingerprint density at radius 2 is 2.08 bits per heavy atom. The van der Waals surface area contributed by atoms with E-state index in [0.29, 0.717) is 0 Å². The first-order valence-corrected chi connectivity index (χ1v) is 8.99. The van der Waals surface area contributed by atoms with Crippen LogP contribution in [0, 0.1) is 0 Å². The van der Waals surface area contributed by atoms with Crippen molar-refractivity contribution in [3.8, 4) is 0 Å². The zero-order valence-electron chi connectivity index (χ0n) is 15.6. The minimum Gasteiger partial charge on any atom is -0.382 e. The van der Waals surface area contributed by atoms with Gasteiger partial charge in [-0.25, -0.2) is 4.99 Å². The molecule has 1 aliphatic rings. The molecule has 138 valence electrons. The van der Waals surface area contributed by atoms with Gasteiger partial charge < -0.3 is 19.9 Å². The van der Waals surface area contributed by atoms with Gasteiger partial charge in [0.2, 0.25) is 5.91 Å². The molecule has 0 atom stereocenters. The highest BCUT2D eigenvalue weighted by molar-refractivity contribution is 5.85. The molecule has 0 saturated heterocycles. The summed E-state index contributed by atoms with van der Waals surface area (Å²) in [5.74, 6) is 0.812. The summed E-state index contributed by atoms with van der Waals surface area (Å²) in [5.41, 5.74) is 2.73. The van der Waals surface area contributed by atoms with Crippen LogP contribution < -0.4 is 5.32 Å². The first-order valence-electron chi connectivity index (χ1n) is 8.99. The number of nitrogens with zero attached hydrogens (tertiary/aromatic N) is 3. The predicted octanol–water partition coefficient (Wildman–Crippen LogP) is 1.51. The van der Waals surface area contributed by atoms with Crippen LogP contribution in [0.5, 0.6) is 0 Å². The SMILES string of the molecule is CCOCCCNC(=NCC(=O)N(C)C)N1CCc2ccccc2C1. The van der Waals surface area contributed by atoms with Crippen LogP contribution in [0.3, 0.4) is 0 Å². The number of hydrogen-bond donors (Lipinski definition) is 1. The van der Waals surface area contributed by atoms with Gasteiger partial charge in [0, 0.05) is 46.9 Å². The lowest BCUT2D eigenvalue weighted by molar-refractivity contribution is -0.127. The van der Waals surface area contributed by atoms with Crippen LogP contribution in [0.2, 0.25) is 0 Å². The Morgan fingerprint density at radius 1 is 1.32 bits per heavy atom. The Hall–Kier alpha value is -2.08. The minimum atomic E-state index is 0.00558. The van der Waals surface area contributed by atoms with Gasteiger partial charge in [-0.1, -0.05) is 24.3 Å². The third-order valence-corrected chi connectivity index (χ3v) is 4.25. The van der Waals surface area contributed by atoms with Crippen molar-refractivity contribution in [3.63, 3.8) is 0 Å². The number of likely N-dealkylation sites (N-methyl/N-ethyl adjacent to an activating group) is 1. The van der Waals surface area contributed by atoms with Crippen molar-refractivity contribution in [1.82, 2.24) is 15.1 Å². The number of guanidine groups is 1. The highest BCUT2D eigenvalue weighted by Crippen LogP contribution is 2.18. The lowest BCUT2D eigenvalue weighted by Crippen LogP contribution is -2.45. The second-order valence-electron chi connectivity index (χ2n) is 6.35. The molecule has 0 radical (unpaired) electrons. The molecule has 1 aromatic rings. The number of ether oxygens (including phenoxy) is 1. The fourth-order valence-corrected chi connectivity index (χ4v) is 2.75. The summed E-state index contributed by atoms with van der Waals surface area (Å²) in [4.78, 5) is 20.3. The molecule has 0 aliphatic carbocycles. The summed E-state index contributed by atoms with van der Waals surface area (Å²) in [6.07, 6.45) is 1.91. The molecule has 2 rings (SSSR count). The van der Waals surface area contributed by atoms with E-state index < -0.39 is 0 Å². The largest absolute Gasteiger partial charge is 0.382 e. The molecule has 1 heterocycles. The molecular weight excluding hydrogens is 316 g/mol. The van der Waals surface area contributed by atoms with E-state index in [-0.39, 0.29) is 12.5 Å². The Morgan fingerprint density at radius 3 is 2.80 bits per heavy atom. The Bertz CT molecular complexity index is 587. The van der Waals surface area contributed by atoms with E-state index >= 15 is 0 Å². The molecule has 6 nitrogen and oxygen atoms in total. The second-order valence-corrected chi connectivity index (χ2v) is 6.35. The highest BCUT2D eigenvalue weighted by Gasteiger charge is 2.19. The average Bonchev–Trinajstić information content (AvgIpc) is 2.63. The van der Waals surface area contributed by atoms with Gasteiger partial charge in [0.15, 0.2) is 5.96 Å². The number of rotatable bonds is 7. The average molecular weight is 346 g/mol. The van der Waals surface area contributed by atoms with Gasteiger partial charge in [-0.2, -0.15) is 0 Å². The Labute approximate surface area is 150 Å². The fraction of sp³-hybridized carbons (Fsp3) is 0.579. The van der Waals surface area contributed by atoms with Gasteiger partial charge in [-0.05, 0) is 30.9 Å². The van der Waals surface area contributed by atoms with Crippen molar-refractivity contribution >= 4 is 11.9 Å². The summed E-state index contributed by atoms with van der Waals surface area (Å²) >= 11 is 0. The van der Waals surface area contributed by atoms with Crippen LogP contribution in [0.15, 0.2) is 29.3 Å². The predicted molar refractivity (Wildman–Crippen MR) is 101 cm³/mol. The smallest absolute Gasteiger partial charge is 0.243 e. The first-order chi connectivity index (χ1) is 12.1. The van der Waals surface area contributed by atoms with Crippen LogP contribution in [0.25, 0.3) is 0 Å². The van der Waals surface area contributed by atoms with E-state index in [1.54, 1.807) is 19.0 Å². The van der Waals surface area contributed by atoms with E-state index in [9.17, 15) is 4.79 Å². The standard InChI is InChI=1S/C19H30N4O2/c1-4-25-13-7-11-20-19(21-14-18(24)22(2)3)23-12-10-16-8-5-6-9-17(16)15-23/h5-6,8-9H,4,7,10-15H2,1-3H3,(H,20,21). The zero-order chi connectivity index (χ0) is 18.1. The van der Waals surface area contributed by atoms with Gasteiger partial charge in [0.1, 0.15) is 6.54 Å². The molecule has 1 amide bonds. The highest BCUT2D eigenvalue weighted by atomic mass is 16.5. The molecule has 1 N–H and O–H groups in total. The molecule has 25 heavy (non-hydrogen) atoms. The molecule has 1 aromatic carbocycles. The van der Waals surface area contributed by atoms with Crippen molar-refractivity contribution in [2.24, 2.45) is 4.99 Å². The number of amides is 1. The molecule has 0 spiro atoms. The number of carbonyl (C=O) groups excluding carboxylic acids is 1. The minimum absolute atomic E-state index is 0.00558. The maximum Gasteiger partial charge on any atom is 0.243 e. The van der Waals surface area contributed by atoms with E-state index in [1.165, 1.54) is 11.1 Å². The molecule has 0 aromatic heterocycles. The first kappa shape index (κ1) is 19.2. The van der Waals surface area contributed by atoms with Crippen molar-refractivity contribution in [1.29, 1.82) is 0 Å². The maximum atomic E-state index is 11.9. The van der Waals surface area contributed by atoms with Gasteiger partial charge in [0.25, 0.3) is 0 Å². The monoisotopic (exact) mass is 346 g/mol. The number of hydrogen-bond acceptors (Lipinski definition) is 3. The number of benzene rings is 1. The summed E-state index contributed by atoms with van der Waals surface area (Å²) in [7, 11) is 3.51. The fourth-order valence-electron chi connectivity index (χ4n) is 2.75. The van der Waals surface area contributed by atoms with Crippen LogP contribution >= 0.6 is 0 Å². The Kier molecular flexibility index (Phi) is 7.73. The van der Waals surface area contributed by atoms with Gasteiger partial charge in [-0.15, -0.1) is 0 Å². The molecule has 0 fully saturated rings. The summed E-state index contributed by atoms with van der Waals surface area (Å²) in [5, 5.41) is 3.40. The third kappa shape index (κ3) is 6.05. The van der Waals surface area contributed by atoms with Gasteiger partial charge in [-0.3, -0.25) is 4.79 Å². The second kappa shape index (κ2) is 10.0. The summed E-state index contributed by atoms with van der Waals surface area (Å²) in [6, 6.07) is 8.52. The number of nitrogens with one attached hydrogen (secondary N) is 1. The number of carbonyl (C=O) groups is 1. The molecule has 0 bridgehead atoms. The van der Waals surface area contributed by atoms with Crippen molar-refractivity contribution in [2.75, 3.05) is 46.9 Å². The molecule has 0 saturated carbocycles. The van der Waals surface area contributed by atoms with Gasteiger partial charge >= 0.3 is 0 Å². The normalized spacial score (nSPS) is 14.2. The molecular formula is C19H30N4O2. The molecule has 0 unspecified atom stereocenters. The van der Waals surface area contributed by atoms with Crippen molar-refractivity contribution < 1.29 is 9.53 Å². The zero-order valence-corrected chi connectivity index (χ0v) is 15.6. The lowest BCUT2D eigenvalue weighted by atomic mass is 10.0. The van der Waals surface area contributed by atoms with E-state index in [2.05, 4.69) is 39.5 Å². The third-order valence-electron chi connectivity index (χ3n) is 4.25. The van der Waals surface area contributed by atoms with Crippen LogP contribution in [0.4, 0.5) is 0 Å². The Balaban J connectivity index is 2.00. The van der Waals surface area contributed by atoms with E-state index in [1.807, 2.05) is 6.92 Å². The van der Waals surface area contributed by atoms with Crippen molar-refractivity contribution in [2.45, 2.75) is 26.3 Å². The molecule has 6 heteroatoms. The lowest BCUT2D eigenvalue weighted by Gasteiger charge is -2.32. The summed E-state index contributed by atoms with van der Waals surface area (Å²) in [6.45, 7) is 6.15. The molecule has 1 aliphatic heterocycles. The summed E-state index contributed by atoms with van der Waals surface area (Å²) < 4.78 is 5.38. The number of aliphatic imine (C=N–C) groups is 1. The maximum absolute atomic E-state index is 11.9. The van der Waals surface area contributed by atoms with Crippen LogP contribution in [-0.2, 0) is 22.5 Å². The van der Waals surface area contributed by atoms with E-state index in [4.69, 9.17) is 4.74 Å². The quantitative estimate of drug-likeness (QED) is 0.462. The van der Waals surface area contributed by atoms with Crippen LogP contribution in [-0.4, -0.2) is 68.6 Å². The van der Waals surface area contributed by atoms with Crippen LogP contribution in [0.1, 0.15) is 24.5 Å². The number of fused-ring (bicyclic) bond motifs is 1.